The summed E-state index contributed by atoms with van der Waals surface area (Å²) in [5.74, 6) is -0.182. The van der Waals surface area contributed by atoms with E-state index in [4.69, 9.17) is 27.1 Å². The SMILES string of the molecule is C[C@@H](N)/C=C/C(=O)N1CCN(c2nc(OC[C@@]34CCCN3C[C@H](F)C4)nc3c(F)c(-c4cccc(Cl)c4C4CC4)ncc23)C[C@@H]1CC#N. The number of anilines is 1. The number of fused-ring (bicyclic) bond motifs is 2. The summed E-state index contributed by atoms with van der Waals surface area (Å²) in [5, 5.41) is 10.6. The predicted molar refractivity (Wildman–Crippen MR) is 179 cm³/mol. The van der Waals surface area contributed by atoms with Gasteiger partial charge in [-0.15, -0.1) is 0 Å². The highest BCUT2D eigenvalue weighted by atomic mass is 35.5. The van der Waals surface area contributed by atoms with E-state index >= 15 is 4.39 Å². The van der Waals surface area contributed by atoms with Gasteiger partial charge in [0.25, 0.3) is 0 Å². The maximum absolute atomic E-state index is 16.8. The number of amides is 1. The zero-order chi connectivity index (χ0) is 33.6. The molecule has 1 aliphatic carbocycles. The number of carbonyl (C=O) groups is 1. The Morgan fingerprint density at radius 1 is 1.27 bits per heavy atom. The Labute approximate surface area is 283 Å². The molecule has 0 spiro atoms. The lowest BCUT2D eigenvalue weighted by molar-refractivity contribution is -0.128. The molecular weight excluding hydrogens is 638 g/mol. The number of carbonyl (C=O) groups excluding carboxylic acids is 1. The maximum atomic E-state index is 16.8. The predicted octanol–water partition coefficient (Wildman–Crippen LogP) is 5.15. The van der Waals surface area contributed by atoms with Crippen molar-refractivity contribution in [2.24, 2.45) is 5.73 Å². The fourth-order valence-corrected chi connectivity index (χ4v) is 7.97. The zero-order valence-electron chi connectivity index (χ0n) is 26.9. The second-order valence-corrected chi connectivity index (χ2v) is 14.0. The summed E-state index contributed by atoms with van der Waals surface area (Å²) in [4.78, 5) is 32.8. The fraction of sp³-hybridized carbons (Fsp3) is 0.514. The summed E-state index contributed by atoms with van der Waals surface area (Å²) >= 11 is 6.61. The Bertz CT molecular complexity index is 1800. The van der Waals surface area contributed by atoms with Crippen LogP contribution < -0.4 is 15.4 Å². The second kappa shape index (κ2) is 13.2. The summed E-state index contributed by atoms with van der Waals surface area (Å²) in [6, 6.07) is 6.89. The van der Waals surface area contributed by atoms with E-state index in [-0.39, 0.29) is 54.7 Å². The van der Waals surface area contributed by atoms with Crippen molar-refractivity contribution < 1.29 is 18.3 Å². The van der Waals surface area contributed by atoms with Gasteiger partial charge in [0.2, 0.25) is 5.91 Å². The van der Waals surface area contributed by atoms with Gasteiger partial charge in [0.15, 0.2) is 5.82 Å². The van der Waals surface area contributed by atoms with Gasteiger partial charge in [0.05, 0.1) is 29.5 Å². The van der Waals surface area contributed by atoms with Crippen LogP contribution in [0.1, 0.15) is 56.9 Å². The topological polar surface area (TPSA) is 124 Å². The molecule has 3 aliphatic heterocycles. The summed E-state index contributed by atoms with van der Waals surface area (Å²) in [5.41, 5.74) is 7.08. The highest BCUT2D eigenvalue weighted by Gasteiger charge is 2.49. The molecule has 7 rings (SSSR count). The van der Waals surface area contributed by atoms with Crippen molar-refractivity contribution in [3.8, 4) is 23.3 Å². The smallest absolute Gasteiger partial charge is 0.319 e. The molecule has 1 saturated carbocycles. The van der Waals surface area contributed by atoms with Crippen molar-refractivity contribution >= 4 is 34.2 Å². The van der Waals surface area contributed by atoms with Gasteiger partial charge in [0, 0.05) is 61.5 Å². The highest BCUT2D eigenvalue weighted by Crippen LogP contribution is 2.48. The van der Waals surface area contributed by atoms with E-state index in [1.807, 2.05) is 17.0 Å². The minimum absolute atomic E-state index is 0.0131. The molecule has 1 aromatic carbocycles. The monoisotopic (exact) mass is 676 g/mol. The van der Waals surface area contributed by atoms with Crippen LogP contribution in [0, 0.1) is 17.1 Å². The molecular formula is C35H39ClF2N8O2. The first-order valence-electron chi connectivity index (χ1n) is 16.7. The minimum atomic E-state index is -0.926. The van der Waals surface area contributed by atoms with E-state index in [1.54, 1.807) is 30.2 Å². The number of halogens is 3. The van der Waals surface area contributed by atoms with Gasteiger partial charge in [-0.1, -0.05) is 29.8 Å². The van der Waals surface area contributed by atoms with E-state index in [2.05, 4.69) is 20.9 Å². The van der Waals surface area contributed by atoms with Crippen molar-refractivity contribution in [1.82, 2.24) is 24.8 Å². The number of nitriles is 1. The molecule has 4 fully saturated rings. The number of benzene rings is 1. The number of nitrogens with two attached hydrogens (primary N) is 1. The van der Waals surface area contributed by atoms with Crippen LogP contribution in [0.15, 0.2) is 36.5 Å². The van der Waals surface area contributed by atoms with Crippen LogP contribution in [0.5, 0.6) is 6.01 Å². The zero-order valence-corrected chi connectivity index (χ0v) is 27.7. The van der Waals surface area contributed by atoms with Crippen LogP contribution in [-0.4, -0.2) is 93.8 Å². The lowest BCUT2D eigenvalue weighted by Gasteiger charge is -2.41. The molecule has 2 N–H and O–H groups in total. The van der Waals surface area contributed by atoms with Crippen molar-refractivity contribution in [2.75, 3.05) is 44.2 Å². The Hall–Kier alpha value is -3.92. The minimum Gasteiger partial charge on any atom is -0.461 e. The maximum Gasteiger partial charge on any atom is 0.319 e. The Morgan fingerprint density at radius 2 is 2.10 bits per heavy atom. The number of rotatable bonds is 9. The number of aromatic nitrogens is 3. The number of alkyl halides is 1. The molecule has 3 saturated heterocycles. The molecule has 0 radical (unpaired) electrons. The quantitative estimate of drug-likeness (QED) is 0.307. The third-order valence-corrected chi connectivity index (χ3v) is 10.4. The number of nitrogens with zero attached hydrogens (tertiary/aromatic N) is 7. The number of hydrogen-bond donors (Lipinski definition) is 1. The Kier molecular flexibility index (Phi) is 8.96. The van der Waals surface area contributed by atoms with Crippen LogP contribution in [0.3, 0.4) is 0 Å². The van der Waals surface area contributed by atoms with Gasteiger partial charge < -0.3 is 20.3 Å². The number of ether oxygens (including phenoxy) is 1. The number of piperazine rings is 1. The first-order valence-corrected chi connectivity index (χ1v) is 17.1. The van der Waals surface area contributed by atoms with E-state index < -0.39 is 23.6 Å². The van der Waals surface area contributed by atoms with E-state index in [9.17, 15) is 14.4 Å². The first kappa shape index (κ1) is 32.6. The molecule has 1 amide bonds. The average molecular weight is 677 g/mol. The molecule has 0 unspecified atom stereocenters. The summed E-state index contributed by atoms with van der Waals surface area (Å²) in [7, 11) is 0. The van der Waals surface area contributed by atoms with Gasteiger partial charge in [0.1, 0.15) is 29.8 Å². The molecule has 252 valence electrons. The molecule has 4 atom stereocenters. The van der Waals surface area contributed by atoms with Gasteiger partial charge in [-0.3, -0.25) is 14.7 Å². The third kappa shape index (κ3) is 6.19. The highest BCUT2D eigenvalue weighted by molar-refractivity contribution is 6.32. The van der Waals surface area contributed by atoms with Gasteiger partial charge in [-0.2, -0.15) is 15.2 Å². The van der Waals surface area contributed by atoms with Gasteiger partial charge >= 0.3 is 6.01 Å². The largest absolute Gasteiger partial charge is 0.461 e. The van der Waals surface area contributed by atoms with Crippen LogP contribution in [0.25, 0.3) is 22.2 Å². The fourth-order valence-electron chi connectivity index (χ4n) is 7.64. The molecule has 13 heteroatoms. The first-order chi connectivity index (χ1) is 23.2. The van der Waals surface area contributed by atoms with Crippen molar-refractivity contribution in [3.05, 3.63) is 53.0 Å². The number of pyridine rings is 1. The lowest BCUT2D eigenvalue weighted by Crippen LogP contribution is -2.55. The Morgan fingerprint density at radius 3 is 2.88 bits per heavy atom. The molecule has 2 aromatic heterocycles. The van der Waals surface area contributed by atoms with Crippen molar-refractivity contribution in [2.45, 2.75) is 75.2 Å². The average Bonchev–Trinajstić information content (AvgIpc) is 3.76. The summed E-state index contributed by atoms with van der Waals surface area (Å²) < 4.78 is 37.5. The molecule has 5 heterocycles. The standard InChI is InChI=1S/C35H39ClF2N8O2/c1-21(40)6-9-28(47)46-15-14-44(19-24(46)10-12-39)33-26-17-41-31(25-4-2-5-27(36)29(25)22-7-8-22)30(38)32(26)42-34(43-33)48-20-35-11-3-13-45(35)18-23(37)16-35/h2,4-6,9,17,21-24H,3,7-8,10-11,13-16,18-20,40H2,1H3/b9-6+/t21-,23-,24+,35+/m1/s1. The number of hydrogen-bond acceptors (Lipinski definition) is 9. The summed E-state index contributed by atoms with van der Waals surface area (Å²) in [6.45, 7) is 4.11. The van der Waals surface area contributed by atoms with Crippen LogP contribution in [-0.2, 0) is 4.79 Å². The van der Waals surface area contributed by atoms with Crippen LogP contribution in [0.2, 0.25) is 5.02 Å². The van der Waals surface area contributed by atoms with E-state index in [0.29, 0.717) is 47.8 Å². The second-order valence-electron chi connectivity index (χ2n) is 13.6. The van der Waals surface area contributed by atoms with Crippen molar-refractivity contribution in [3.63, 3.8) is 0 Å². The molecule has 48 heavy (non-hydrogen) atoms. The summed E-state index contributed by atoms with van der Waals surface area (Å²) in [6.07, 6.45) is 7.91. The Balaban J connectivity index is 1.28. The van der Waals surface area contributed by atoms with E-state index in [0.717, 1.165) is 37.8 Å². The van der Waals surface area contributed by atoms with Gasteiger partial charge in [-0.05, 0) is 56.7 Å². The molecule has 3 aromatic rings. The van der Waals surface area contributed by atoms with Gasteiger partial charge in [-0.25, -0.2) is 8.78 Å². The third-order valence-electron chi connectivity index (χ3n) is 10.1. The van der Waals surface area contributed by atoms with Crippen molar-refractivity contribution in [1.29, 1.82) is 5.26 Å². The molecule has 0 bridgehead atoms. The van der Waals surface area contributed by atoms with E-state index in [1.165, 1.54) is 6.08 Å². The normalized spacial score (nSPS) is 25.1. The molecule has 4 aliphatic rings. The molecule has 10 nitrogen and oxygen atoms in total. The van der Waals surface area contributed by atoms with Crippen LogP contribution in [0.4, 0.5) is 14.6 Å². The van der Waals surface area contributed by atoms with Crippen LogP contribution >= 0.6 is 11.6 Å². The lowest BCUT2D eigenvalue weighted by atomic mass is 9.95.